The molecule has 0 saturated carbocycles. The average Bonchev–Trinajstić information content (AvgIpc) is 2.85. The van der Waals surface area contributed by atoms with Gasteiger partial charge in [-0.05, 0) is 25.0 Å². The highest BCUT2D eigenvalue weighted by molar-refractivity contribution is 5.31. The van der Waals surface area contributed by atoms with E-state index in [9.17, 15) is 13.2 Å². The molecule has 2 unspecified atom stereocenters. The summed E-state index contributed by atoms with van der Waals surface area (Å²) in [6.45, 7) is 0. The average molecular weight is 339 g/mol. The maximum absolute atomic E-state index is 13.0. The topological polar surface area (TPSA) is 68.8 Å². The van der Waals surface area contributed by atoms with Crippen LogP contribution in [0.15, 0.2) is 30.3 Å². The number of para-hydroxylation sites is 1. The number of halogens is 3. The molecule has 0 amide bonds. The number of rotatable bonds is 3. The second-order valence-electron chi connectivity index (χ2n) is 6.06. The van der Waals surface area contributed by atoms with E-state index in [1.807, 2.05) is 0 Å². The summed E-state index contributed by atoms with van der Waals surface area (Å²) < 4.78 is 40.4. The third-order valence-electron chi connectivity index (χ3n) is 4.12. The first-order valence-electron chi connectivity index (χ1n) is 8.03. The fraction of sp³-hybridized carbons (Fsp3) is 0.500. The van der Waals surface area contributed by atoms with Gasteiger partial charge in [-0.15, -0.1) is 5.10 Å². The first-order valence-corrected chi connectivity index (χ1v) is 8.03. The van der Waals surface area contributed by atoms with E-state index < -0.39 is 12.0 Å². The van der Waals surface area contributed by atoms with E-state index in [4.69, 9.17) is 5.73 Å². The van der Waals surface area contributed by atoms with Gasteiger partial charge in [-0.3, -0.25) is 5.32 Å². The quantitative estimate of drug-likeness (QED) is 0.902. The number of benzene rings is 1. The summed E-state index contributed by atoms with van der Waals surface area (Å²) in [7, 11) is 0. The van der Waals surface area contributed by atoms with Crippen LogP contribution in [0, 0.1) is 0 Å². The summed E-state index contributed by atoms with van der Waals surface area (Å²) in [6.07, 6.45) is -0.603. The number of nitrogens with one attached hydrogen (secondary N) is 1. The van der Waals surface area contributed by atoms with Crippen molar-refractivity contribution in [3.8, 4) is 5.69 Å². The van der Waals surface area contributed by atoms with E-state index in [1.54, 1.807) is 30.3 Å². The van der Waals surface area contributed by atoms with Crippen LogP contribution in [0.25, 0.3) is 5.69 Å². The summed E-state index contributed by atoms with van der Waals surface area (Å²) in [5, 5.41) is 6.95. The van der Waals surface area contributed by atoms with Gasteiger partial charge in [0.05, 0.1) is 11.9 Å². The lowest BCUT2D eigenvalue weighted by Gasteiger charge is -2.19. The number of alkyl halides is 3. The maximum atomic E-state index is 13.0. The number of hydrogen-bond donors (Lipinski definition) is 2. The Morgan fingerprint density at radius 3 is 2.58 bits per heavy atom. The monoisotopic (exact) mass is 339 g/mol. The Morgan fingerprint density at radius 1 is 1.17 bits per heavy atom. The van der Waals surface area contributed by atoms with Crippen LogP contribution in [0.1, 0.15) is 37.3 Å². The SMILES string of the molecule is NC1CCCCC(Cc2nc(C(F)(F)F)nn2-c2ccccc2)N1. The first-order chi connectivity index (χ1) is 11.4. The molecule has 1 aromatic heterocycles. The summed E-state index contributed by atoms with van der Waals surface area (Å²) >= 11 is 0. The molecule has 1 aliphatic heterocycles. The number of nitrogens with two attached hydrogens (primary N) is 1. The Hall–Kier alpha value is -1.93. The summed E-state index contributed by atoms with van der Waals surface area (Å²) in [6, 6.07) is 8.74. The molecule has 1 aliphatic rings. The minimum Gasteiger partial charge on any atom is -0.316 e. The van der Waals surface area contributed by atoms with Crippen molar-refractivity contribution in [3.05, 3.63) is 42.0 Å². The van der Waals surface area contributed by atoms with Gasteiger partial charge in [-0.1, -0.05) is 31.0 Å². The highest BCUT2D eigenvalue weighted by atomic mass is 19.4. The molecule has 0 radical (unpaired) electrons. The van der Waals surface area contributed by atoms with Crippen molar-refractivity contribution in [1.82, 2.24) is 20.1 Å². The molecule has 8 heteroatoms. The highest BCUT2D eigenvalue weighted by Crippen LogP contribution is 2.28. The van der Waals surface area contributed by atoms with Gasteiger partial charge in [-0.2, -0.15) is 13.2 Å². The van der Waals surface area contributed by atoms with E-state index in [1.165, 1.54) is 4.68 Å². The predicted molar refractivity (Wildman–Crippen MR) is 83.4 cm³/mol. The van der Waals surface area contributed by atoms with Crippen LogP contribution in [0.4, 0.5) is 13.2 Å². The van der Waals surface area contributed by atoms with Crippen LogP contribution in [0.2, 0.25) is 0 Å². The van der Waals surface area contributed by atoms with Crippen LogP contribution >= 0.6 is 0 Å². The molecule has 130 valence electrons. The van der Waals surface area contributed by atoms with E-state index >= 15 is 0 Å². The second-order valence-corrected chi connectivity index (χ2v) is 6.06. The minimum atomic E-state index is -4.57. The largest absolute Gasteiger partial charge is 0.453 e. The van der Waals surface area contributed by atoms with Crippen molar-refractivity contribution < 1.29 is 13.2 Å². The predicted octanol–water partition coefficient (Wildman–Crippen LogP) is 2.65. The minimum absolute atomic E-state index is 0.00440. The lowest BCUT2D eigenvalue weighted by atomic mass is 10.1. The molecule has 1 fully saturated rings. The molecule has 1 aromatic carbocycles. The van der Waals surface area contributed by atoms with Crippen LogP contribution in [-0.2, 0) is 12.6 Å². The Morgan fingerprint density at radius 2 is 1.88 bits per heavy atom. The van der Waals surface area contributed by atoms with Gasteiger partial charge in [0.15, 0.2) is 0 Å². The number of nitrogens with zero attached hydrogens (tertiary/aromatic N) is 3. The van der Waals surface area contributed by atoms with Gasteiger partial charge in [0.1, 0.15) is 5.82 Å². The summed E-state index contributed by atoms with van der Waals surface area (Å²) in [4.78, 5) is 3.75. The normalized spacial score (nSPS) is 22.3. The van der Waals surface area contributed by atoms with Crippen molar-refractivity contribution in [2.75, 3.05) is 0 Å². The van der Waals surface area contributed by atoms with Crippen molar-refractivity contribution in [2.24, 2.45) is 5.73 Å². The molecule has 2 heterocycles. The molecule has 2 aromatic rings. The van der Waals surface area contributed by atoms with E-state index in [0.717, 1.165) is 25.7 Å². The molecule has 0 spiro atoms. The first kappa shape index (κ1) is 16.9. The third-order valence-corrected chi connectivity index (χ3v) is 4.12. The second kappa shape index (κ2) is 6.90. The smallest absolute Gasteiger partial charge is 0.316 e. The summed E-state index contributed by atoms with van der Waals surface area (Å²) in [5.41, 5.74) is 6.53. The van der Waals surface area contributed by atoms with Crippen molar-refractivity contribution in [2.45, 2.75) is 50.5 Å². The molecular weight excluding hydrogens is 319 g/mol. The number of aromatic nitrogens is 3. The van der Waals surface area contributed by atoms with Gasteiger partial charge >= 0.3 is 6.18 Å². The molecule has 0 aliphatic carbocycles. The van der Waals surface area contributed by atoms with Gasteiger partial charge < -0.3 is 5.73 Å². The zero-order valence-corrected chi connectivity index (χ0v) is 13.1. The Balaban J connectivity index is 1.92. The molecular formula is C16H20F3N5. The van der Waals surface area contributed by atoms with Crippen molar-refractivity contribution in [1.29, 1.82) is 0 Å². The molecule has 2 atom stereocenters. The fourth-order valence-electron chi connectivity index (χ4n) is 2.98. The van der Waals surface area contributed by atoms with Crippen LogP contribution < -0.4 is 11.1 Å². The van der Waals surface area contributed by atoms with Gasteiger partial charge in [0.2, 0.25) is 0 Å². The van der Waals surface area contributed by atoms with E-state index in [2.05, 4.69) is 15.4 Å². The standard InChI is InChI=1S/C16H20F3N5/c17-16(18,19)15-22-14(10-11-6-4-5-9-13(20)21-11)24(23-15)12-7-2-1-3-8-12/h1-3,7-8,11,13,21H,4-6,9-10,20H2. The Bertz CT molecular complexity index is 668. The maximum Gasteiger partial charge on any atom is 0.453 e. The van der Waals surface area contributed by atoms with Gasteiger partial charge in [0.25, 0.3) is 5.82 Å². The molecule has 24 heavy (non-hydrogen) atoms. The zero-order chi connectivity index (χ0) is 17.2. The third kappa shape index (κ3) is 3.93. The highest BCUT2D eigenvalue weighted by Gasteiger charge is 2.37. The van der Waals surface area contributed by atoms with E-state index in [-0.39, 0.29) is 12.2 Å². The van der Waals surface area contributed by atoms with Gasteiger partial charge in [0, 0.05) is 12.5 Å². The van der Waals surface area contributed by atoms with Crippen molar-refractivity contribution in [3.63, 3.8) is 0 Å². The van der Waals surface area contributed by atoms with Crippen molar-refractivity contribution >= 4 is 0 Å². The Kier molecular flexibility index (Phi) is 4.86. The lowest BCUT2D eigenvalue weighted by Crippen LogP contribution is -2.43. The zero-order valence-electron chi connectivity index (χ0n) is 13.1. The van der Waals surface area contributed by atoms with Crippen LogP contribution in [0.5, 0.6) is 0 Å². The molecule has 0 bridgehead atoms. The molecule has 3 rings (SSSR count). The number of hydrogen-bond acceptors (Lipinski definition) is 4. The molecule has 5 nitrogen and oxygen atoms in total. The summed E-state index contributed by atoms with van der Waals surface area (Å²) in [5.74, 6) is -0.820. The molecule has 3 N–H and O–H groups in total. The Labute approximate surface area is 138 Å². The van der Waals surface area contributed by atoms with Crippen LogP contribution in [0.3, 0.4) is 0 Å². The lowest BCUT2D eigenvalue weighted by molar-refractivity contribution is -0.144. The van der Waals surface area contributed by atoms with E-state index in [0.29, 0.717) is 17.9 Å². The molecule has 1 saturated heterocycles. The van der Waals surface area contributed by atoms with Gasteiger partial charge in [-0.25, -0.2) is 9.67 Å². The fourth-order valence-corrected chi connectivity index (χ4v) is 2.98. The van der Waals surface area contributed by atoms with Crippen LogP contribution in [-0.4, -0.2) is 27.0 Å².